The van der Waals surface area contributed by atoms with Crippen molar-refractivity contribution in [2.75, 3.05) is 0 Å². The molecule has 2 aromatic rings. The molecule has 0 aliphatic rings. The Hall–Kier alpha value is -1.82. The number of aryl methyl sites for hydroxylation is 2. The molecule has 0 atom stereocenters. The largest absolute Gasteiger partial charge is 0.251 e. The Kier molecular flexibility index (Phi) is 20.7. The van der Waals surface area contributed by atoms with Gasteiger partial charge in [0, 0.05) is 20.4 Å². The van der Waals surface area contributed by atoms with Gasteiger partial charge in [-0.3, -0.25) is 4.99 Å². The third-order valence-electron chi connectivity index (χ3n) is 7.19. The summed E-state index contributed by atoms with van der Waals surface area (Å²) in [6.07, 6.45) is 24.5. The maximum Gasteiger partial charge on any atom is 0.0848 e. The van der Waals surface area contributed by atoms with Gasteiger partial charge in [0.25, 0.3) is 0 Å². The van der Waals surface area contributed by atoms with Crippen LogP contribution in [0.4, 0.5) is 11.4 Å². The fourth-order valence-corrected chi connectivity index (χ4v) is 4.76. The number of aliphatic imine (C=N–C) groups is 2. The summed E-state index contributed by atoms with van der Waals surface area (Å²) in [5, 5.41) is 0. The van der Waals surface area contributed by atoms with Crippen molar-refractivity contribution in [2.45, 2.75) is 130 Å². The van der Waals surface area contributed by atoms with Crippen LogP contribution in [-0.4, -0.2) is 11.4 Å². The van der Waals surface area contributed by atoms with Crippen LogP contribution in [0.25, 0.3) is 0 Å². The van der Waals surface area contributed by atoms with Crippen molar-refractivity contribution in [1.82, 2.24) is 0 Å². The minimum atomic E-state index is 0. The molecule has 0 aromatic heterocycles. The Morgan fingerprint density at radius 1 is 0.615 bits per heavy atom. The van der Waals surface area contributed by atoms with Crippen LogP contribution in [0.5, 0.6) is 0 Å². The maximum atomic E-state index is 5.27. The molecule has 2 nitrogen and oxygen atoms in total. The van der Waals surface area contributed by atoms with E-state index >= 15 is 0 Å². The third kappa shape index (κ3) is 15.5. The van der Waals surface area contributed by atoms with E-state index in [0.29, 0.717) is 0 Å². The molecule has 0 unspecified atom stereocenters. The third-order valence-corrected chi connectivity index (χ3v) is 7.19. The van der Waals surface area contributed by atoms with E-state index < -0.39 is 0 Å². The predicted molar refractivity (Wildman–Crippen MR) is 171 cm³/mol. The van der Waals surface area contributed by atoms with Crippen LogP contribution in [0.3, 0.4) is 0 Å². The molecule has 0 bridgehead atoms. The van der Waals surface area contributed by atoms with Gasteiger partial charge in [-0.2, -0.15) is 0 Å². The molecule has 3 heteroatoms. The van der Waals surface area contributed by atoms with E-state index in [1.54, 1.807) is 0 Å². The quantitative estimate of drug-likeness (QED) is 0.0799. The normalized spacial score (nSPS) is 12.2. The second kappa shape index (κ2) is 22.9. The minimum Gasteiger partial charge on any atom is -0.251 e. The van der Waals surface area contributed by atoms with Crippen LogP contribution < -0.4 is 0 Å². The number of nitrogens with zero attached hydrogens (tertiary/aromatic N) is 2. The zero-order valence-electron chi connectivity index (χ0n) is 25.3. The molecule has 0 spiro atoms. The molecule has 218 valence electrons. The van der Waals surface area contributed by atoms with Gasteiger partial charge >= 0.3 is 0 Å². The van der Waals surface area contributed by atoms with E-state index in [9.17, 15) is 0 Å². The van der Waals surface area contributed by atoms with E-state index in [-0.39, 0.29) is 20.4 Å². The van der Waals surface area contributed by atoms with Crippen LogP contribution in [0.1, 0.15) is 129 Å². The number of allylic oxidation sites excluding steroid dienone is 2. The standard InChI is InChI=1S/C36H54N2.Pd/c1-5-9-11-13-14-15-16-17-18-23-27-35(37-33-24-20-19-21-25-33)36(26-22-12-10-6-2)38-34-29-31(7-3)28-32(8-4)30-34;/h19-21,23-25,27-30H,5-18,22,26H2,1-4H3;. The Balaban J connectivity index is 0.00000760. The molecule has 2 aromatic carbocycles. The van der Waals surface area contributed by atoms with E-state index in [1.807, 2.05) is 0 Å². The Bertz CT molecular complexity index is 953. The number of benzene rings is 2. The molecule has 0 heterocycles. The molecule has 0 radical (unpaired) electrons. The van der Waals surface area contributed by atoms with E-state index in [2.05, 4.69) is 88.4 Å². The number of rotatable bonds is 20. The molecular formula is C36H54N2Pd. The van der Waals surface area contributed by atoms with Crippen molar-refractivity contribution in [3.05, 3.63) is 71.8 Å². The molecule has 0 fully saturated rings. The topological polar surface area (TPSA) is 24.7 Å². The number of hydrogen-bond acceptors (Lipinski definition) is 2. The average Bonchev–Trinajstić information content (AvgIpc) is 2.95. The van der Waals surface area contributed by atoms with Gasteiger partial charge in [0.1, 0.15) is 0 Å². The summed E-state index contributed by atoms with van der Waals surface area (Å²) >= 11 is 0. The van der Waals surface area contributed by atoms with Crippen molar-refractivity contribution < 1.29 is 20.4 Å². The summed E-state index contributed by atoms with van der Waals surface area (Å²) in [7, 11) is 0. The summed E-state index contributed by atoms with van der Waals surface area (Å²) in [4.78, 5) is 10.4. The van der Waals surface area contributed by atoms with Gasteiger partial charge in [-0.1, -0.05) is 122 Å². The monoisotopic (exact) mass is 620 g/mol. The zero-order valence-corrected chi connectivity index (χ0v) is 26.9. The van der Waals surface area contributed by atoms with E-state index in [0.717, 1.165) is 54.9 Å². The molecule has 39 heavy (non-hydrogen) atoms. The van der Waals surface area contributed by atoms with Gasteiger partial charge in [0.15, 0.2) is 0 Å². The molecule has 0 aliphatic carbocycles. The first kappa shape index (κ1) is 35.2. The first-order chi connectivity index (χ1) is 18.7. The molecular weight excluding hydrogens is 567 g/mol. The number of unbranched alkanes of at least 4 members (excludes halogenated alkanes) is 11. The van der Waals surface area contributed by atoms with Crippen molar-refractivity contribution >= 4 is 22.8 Å². The first-order valence-corrected chi connectivity index (χ1v) is 15.7. The maximum absolute atomic E-state index is 5.27. The fraction of sp³-hybridized carbons (Fsp3) is 0.556. The van der Waals surface area contributed by atoms with Crippen molar-refractivity contribution in [3.8, 4) is 0 Å². The SMILES string of the molecule is CCCCCCCCCCC=CC(=Nc1ccccc1)C(CCCCCC)=Nc1cc(CC)cc(CC)c1.[Pd]. The van der Waals surface area contributed by atoms with Crippen LogP contribution in [0, 0.1) is 0 Å². The van der Waals surface area contributed by atoms with Gasteiger partial charge in [-0.15, -0.1) is 0 Å². The van der Waals surface area contributed by atoms with Gasteiger partial charge < -0.3 is 0 Å². The molecule has 0 saturated carbocycles. The van der Waals surface area contributed by atoms with Gasteiger partial charge in [-0.05, 0) is 80.0 Å². The average molecular weight is 621 g/mol. The molecule has 2 rings (SSSR count). The molecule has 0 amide bonds. The second-order valence-electron chi connectivity index (χ2n) is 10.6. The van der Waals surface area contributed by atoms with Crippen molar-refractivity contribution in [3.63, 3.8) is 0 Å². The summed E-state index contributed by atoms with van der Waals surface area (Å²) in [5.41, 5.74) is 6.93. The summed E-state index contributed by atoms with van der Waals surface area (Å²) in [6.45, 7) is 9.01. The Labute approximate surface area is 254 Å². The van der Waals surface area contributed by atoms with Crippen molar-refractivity contribution in [2.24, 2.45) is 9.98 Å². The Morgan fingerprint density at radius 2 is 1.18 bits per heavy atom. The molecule has 0 saturated heterocycles. The second-order valence-corrected chi connectivity index (χ2v) is 10.6. The van der Waals surface area contributed by atoms with E-state index in [4.69, 9.17) is 9.98 Å². The molecule has 0 aliphatic heterocycles. The Morgan fingerprint density at radius 3 is 1.77 bits per heavy atom. The summed E-state index contributed by atoms with van der Waals surface area (Å²) in [5.74, 6) is 0. The van der Waals surface area contributed by atoms with Gasteiger partial charge in [0.2, 0.25) is 0 Å². The van der Waals surface area contributed by atoms with Crippen LogP contribution in [-0.2, 0) is 33.3 Å². The number of hydrogen-bond donors (Lipinski definition) is 0. The van der Waals surface area contributed by atoms with Crippen LogP contribution in [0.15, 0.2) is 70.7 Å². The smallest absolute Gasteiger partial charge is 0.0848 e. The summed E-state index contributed by atoms with van der Waals surface area (Å²) < 4.78 is 0. The summed E-state index contributed by atoms with van der Waals surface area (Å²) in [6, 6.07) is 17.2. The van der Waals surface area contributed by atoms with Crippen molar-refractivity contribution in [1.29, 1.82) is 0 Å². The molecule has 0 N–H and O–H groups in total. The van der Waals surface area contributed by atoms with Crippen LogP contribution >= 0.6 is 0 Å². The number of para-hydroxylation sites is 1. The van der Waals surface area contributed by atoms with Gasteiger partial charge in [0.05, 0.1) is 22.8 Å². The zero-order chi connectivity index (χ0) is 27.3. The van der Waals surface area contributed by atoms with E-state index in [1.165, 1.54) is 81.8 Å². The van der Waals surface area contributed by atoms with Crippen LogP contribution in [0.2, 0.25) is 0 Å². The first-order valence-electron chi connectivity index (χ1n) is 15.7. The predicted octanol–water partition coefficient (Wildman–Crippen LogP) is 11.7. The van der Waals surface area contributed by atoms with Gasteiger partial charge in [-0.25, -0.2) is 4.99 Å². The minimum absolute atomic E-state index is 0. The fourth-order valence-electron chi connectivity index (χ4n) is 4.76.